The third-order valence-electron chi connectivity index (χ3n) is 8.07. The van der Waals surface area contributed by atoms with Gasteiger partial charge < -0.3 is 14.4 Å². The molecule has 4 nitrogen and oxygen atoms in total. The average Bonchev–Trinajstić information content (AvgIpc) is 3.55. The average molecular weight is 700 g/mol. The van der Waals surface area contributed by atoms with E-state index >= 15 is 0 Å². The molecule has 2 aromatic carbocycles. The molecule has 0 N–H and O–H groups in total. The number of fused-ring (bicyclic) bond motifs is 2. The minimum Gasteiger partial charge on any atom is -0.367 e. The molecule has 0 amide bonds. The molecule has 0 atom stereocenters. The highest BCUT2D eigenvalue weighted by Crippen LogP contribution is 2.48. The van der Waals surface area contributed by atoms with E-state index in [-0.39, 0.29) is 5.41 Å². The molecule has 244 valence electrons. The van der Waals surface area contributed by atoms with Crippen molar-refractivity contribution in [3.8, 4) is 24.7 Å². The maximum Gasteiger partial charge on any atom is 0.263 e. The van der Waals surface area contributed by atoms with Gasteiger partial charge in [0.15, 0.2) is 6.54 Å². The number of rotatable bonds is 13. The standard InChI is InChI=1S/C39H43N2O2S4/c1-8-17-42-19-15-40-32-14-13-31(44-6)24-36(32)47-38(40)23-30-22-29(26-39(4,5)27-30)11-10-12-37-41(16-20-43-18-9-2)33-25-34(45-7)28(3)21-35(33)46-37/h1-2,10-14,21-25H,15-20,26-27H2,3-7H3/q+1. The Morgan fingerprint density at radius 2 is 1.83 bits per heavy atom. The van der Waals surface area contributed by atoms with Gasteiger partial charge in [-0.25, -0.2) is 0 Å². The number of anilines is 1. The Labute approximate surface area is 297 Å². The highest BCUT2D eigenvalue weighted by Gasteiger charge is 2.28. The highest BCUT2D eigenvalue weighted by molar-refractivity contribution is 8.03. The third kappa shape index (κ3) is 9.00. The number of aromatic nitrogens is 1. The van der Waals surface area contributed by atoms with Crippen LogP contribution in [-0.4, -0.2) is 45.5 Å². The fourth-order valence-corrected chi connectivity index (χ4v) is 9.56. The number of benzene rings is 2. The van der Waals surface area contributed by atoms with E-state index in [4.69, 9.17) is 22.3 Å². The summed E-state index contributed by atoms with van der Waals surface area (Å²) in [5, 5.41) is 2.44. The van der Waals surface area contributed by atoms with Gasteiger partial charge in [0.2, 0.25) is 5.52 Å². The number of ether oxygens (including phenoxy) is 2. The van der Waals surface area contributed by atoms with Crippen LogP contribution in [0.2, 0.25) is 0 Å². The second-order valence-electron chi connectivity index (χ2n) is 12.3. The first kappa shape index (κ1) is 35.5. The van der Waals surface area contributed by atoms with E-state index in [9.17, 15) is 0 Å². The number of allylic oxidation sites excluding steroid dienone is 6. The van der Waals surface area contributed by atoms with Gasteiger partial charge in [0.1, 0.15) is 24.5 Å². The van der Waals surface area contributed by atoms with Gasteiger partial charge in [-0.2, -0.15) is 4.57 Å². The predicted octanol–water partition coefficient (Wildman–Crippen LogP) is 9.38. The molecule has 2 aliphatic rings. The van der Waals surface area contributed by atoms with Crippen LogP contribution in [0.15, 0.2) is 85.5 Å². The van der Waals surface area contributed by atoms with Gasteiger partial charge in [-0.1, -0.05) is 67.0 Å². The fourth-order valence-electron chi connectivity index (χ4n) is 6.05. The maximum absolute atomic E-state index is 5.68. The number of hydrogen-bond donors (Lipinski definition) is 0. The van der Waals surface area contributed by atoms with Gasteiger partial charge in [0.05, 0.1) is 17.3 Å². The lowest BCUT2D eigenvalue weighted by molar-refractivity contribution is -0.670. The first-order chi connectivity index (χ1) is 22.7. The van der Waals surface area contributed by atoms with Crippen LogP contribution in [0, 0.1) is 37.0 Å². The zero-order chi connectivity index (χ0) is 33.4. The van der Waals surface area contributed by atoms with Crippen molar-refractivity contribution in [2.45, 2.75) is 54.8 Å². The van der Waals surface area contributed by atoms with Crippen molar-refractivity contribution in [3.05, 3.63) is 81.4 Å². The van der Waals surface area contributed by atoms with Crippen molar-refractivity contribution in [2.75, 3.05) is 50.4 Å². The van der Waals surface area contributed by atoms with E-state index in [2.05, 4.69) is 115 Å². The quantitative estimate of drug-likeness (QED) is 0.0764. The van der Waals surface area contributed by atoms with Crippen LogP contribution < -0.4 is 9.47 Å². The van der Waals surface area contributed by atoms with E-state index < -0.39 is 0 Å². The van der Waals surface area contributed by atoms with E-state index in [1.165, 1.54) is 57.3 Å². The monoisotopic (exact) mass is 699 g/mol. The Morgan fingerprint density at radius 3 is 2.57 bits per heavy atom. The van der Waals surface area contributed by atoms with Gasteiger partial charge in [-0.05, 0) is 84.7 Å². The molecule has 1 aliphatic heterocycles. The molecular weight excluding hydrogens is 657 g/mol. The van der Waals surface area contributed by atoms with E-state index in [1.807, 2.05) is 23.1 Å². The zero-order valence-corrected chi connectivity index (χ0v) is 31.2. The second-order valence-corrected chi connectivity index (χ2v) is 16.2. The molecule has 5 rings (SSSR count). The van der Waals surface area contributed by atoms with Crippen molar-refractivity contribution in [1.29, 1.82) is 0 Å². The van der Waals surface area contributed by atoms with Gasteiger partial charge in [0.25, 0.3) is 5.01 Å². The predicted molar refractivity (Wildman–Crippen MR) is 206 cm³/mol. The lowest BCUT2D eigenvalue weighted by Crippen LogP contribution is -2.37. The Balaban J connectivity index is 1.43. The number of nitrogens with zero attached hydrogens (tertiary/aromatic N) is 2. The van der Waals surface area contributed by atoms with Crippen LogP contribution >= 0.6 is 46.6 Å². The summed E-state index contributed by atoms with van der Waals surface area (Å²) in [6.45, 7) is 10.2. The van der Waals surface area contributed by atoms with Crippen LogP contribution in [0.1, 0.15) is 37.3 Å². The van der Waals surface area contributed by atoms with Crippen molar-refractivity contribution < 1.29 is 14.0 Å². The maximum atomic E-state index is 5.68. The van der Waals surface area contributed by atoms with E-state index in [1.54, 1.807) is 23.5 Å². The number of aryl methyl sites for hydroxylation is 1. The number of thioether (sulfide) groups is 3. The summed E-state index contributed by atoms with van der Waals surface area (Å²) in [5.74, 6) is 5.15. The summed E-state index contributed by atoms with van der Waals surface area (Å²) in [5.41, 5.74) is 6.62. The summed E-state index contributed by atoms with van der Waals surface area (Å²) in [4.78, 5) is 6.22. The normalized spacial score (nSPS) is 17.4. The minimum atomic E-state index is 0.154. The van der Waals surface area contributed by atoms with Gasteiger partial charge in [0, 0.05) is 33.4 Å². The number of hydrogen-bond acceptors (Lipinski definition) is 7. The molecule has 3 aromatic rings. The summed E-state index contributed by atoms with van der Waals surface area (Å²) >= 11 is 7.23. The molecular formula is C39H43N2O2S4+. The topological polar surface area (TPSA) is 25.6 Å². The molecule has 1 aromatic heterocycles. The summed E-state index contributed by atoms with van der Waals surface area (Å²) in [6, 6.07) is 11.3. The molecule has 0 saturated heterocycles. The van der Waals surface area contributed by atoms with Crippen molar-refractivity contribution >= 4 is 68.6 Å². The highest BCUT2D eigenvalue weighted by atomic mass is 32.2. The lowest BCUT2D eigenvalue weighted by Gasteiger charge is -2.30. The molecule has 0 fully saturated rings. The van der Waals surface area contributed by atoms with E-state index in [0.29, 0.717) is 26.4 Å². The molecule has 0 saturated carbocycles. The molecule has 0 bridgehead atoms. The first-order valence-electron chi connectivity index (χ1n) is 15.7. The van der Waals surface area contributed by atoms with Crippen LogP contribution in [-0.2, 0) is 16.0 Å². The van der Waals surface area contributed by atoms with Crippen LogP contribution in [0.5, 0.6) is 0 Å². The molecule has 8 heteroatoms. The Hall–Kier alpha value is -2.82. The number of thiazole rings is 1. The van der Waals surface area contributed by atoms with Crippen LogP contribution in [0.4, 0.5) is 5.69 Å². The first-order valence-corrected chi connectivity index (χ1v) is 19.8. The largest absolute Gasteiger partial charge is 0.367 e. The SMILES string of the molecule is C#CCOCCN1C(=CC=CC2=CC(=Cc3sc4cc(SC)ccc4[n+]3CCOCC#C)CC(C)(C)C2)Sc2cc(C)c(SC)cc21. The fraction of sp³-hybridized carbons (Fsp3) is 0.359. The summed E-state index contributed by atoms with van der Waals surface area (Å²) in [6.07, 6.45) is 28.7. The molecule has 2 heterocycles. The van der Waals surface area contributed by atoms with Gasteiger partial charge in [-0.15, -0.1) is 36.4 Å². The number of terminal acetylenes is 2. The molecule has 47 heavy (non-hydrogen) atoms. The van der Waals surface area contributed by atoms with Crippen LogP contribution in [0.3, 0.4) is 0 Å². The van der Waals surface area contributed by atoms with E-state index in [0.717, 1.165) is 25.9 Å². The third-order valence-corrected chi connectivity index (χ3v) is 11.9. The summed E-state index contributed by atoms with van der Waals surface area (Å²) in [7, 11) is 0. The van der Waals surface area contributed by atoms with Crippen LogP contribution in [0.25, 0.3) is 16.3 Å². The summed E-state index contributed by atoms with van der Waals surface area (Å²) < 4.78 is 15.0. The molecule has 0 spiro atoms. The zero-order valence-electron chi connectivity index (χ0n) is 27.9. The second kappa shape index (κ2) is 16.5. The minimum absolute atomic E-state index is 0.154. The molecule has 0 unspecified atom stereocenters. The van der Waals surface area contributed by atoms with Crippen molar-refractivity contribution in [2.24, 2.45) is 5.41 Å². The molecule has 0 radical (unpaired) electrons. The Kier molecular flexibility index (Phi) is 12.5. The smallest absolute Gasteiger partial charge is 0.263 e. The van der Waals surface area contributed by atoms with Gasteiger partial charge in [-0.3, -0.25) is 0 Å². The van der Waals surface area contributed by atoms with Gasteiger partial charge >= 0.3 is 0 Å². The lowest BCUT2D eigenvalue weighted by atomic mass is 9.75. The van der Waals surface area contributed by atoms with Crippen molar-refractivity contribution in [3.63, 3.8) is 0 Å². The Bertz CT molecular complexity index is 1820. The molecule has 1 aliphatic carbocycles. The Morgan fingerprint density at radius 1 is 1.04 bits per heavy atom. The van der Waals surface area contributed by atoms with Crippen molar-refractivity contribution in [1.82, 2.24) is 0 Å².